The van der Waals surface area contributed by atoms with Gasteiger partial charge in [-0.2, -0.15) is 0 Å². The molecule has 256 valence electrons. The second kappa shape index (κ2) is 12.7. The van der Waals surface area contributed by atoms with Gasteiger partial charge in [0.2, 0.25) is 5.91 Å². The van der Waals surface area contributed by atoms with Crippen LogP contribution in [0.1, 0.15) is 44.4 Å². The molecule has 0 bridgehead atoms. The molecule has 0 aliphatic carbocycles. The SMILES string of the molecule is C=CC(=O)N1CC2C(=O)N(CCCO)c3c(c4cc(F)c(-c5c(O)cccc5F)c(F)c4n(-c4c(C)ccnc4C(C)C)c3=O)N2CC1C. The molecule has 2 atom stereocenters. The first kappa shape index (κ1) is 33.7. The first-order chi connectivity index (χ1) is 23.3. The van der Waals surface area contributed by atoms with E-state index < -0.39 is 69.3 Å². The summed E-state index contributed by atoms with van der Waals surface area (Å²) >= 11 is 0. The Labute approximate surface area is 280 Å². The number of nitrogens with zero attached hydrogens (tertiary/aromatic N) is 5. The molecule has 0 spiro atoms. The zero-order chi connectivity index (χ0) is 35.5. The van der Waals surface area contributed by atoms with Crippen molar-refractivity contribution in [3.05, 3.63) is 88.2 Å². The molecular weight excluding hydrogens is 639 g/mol. The van der Waals surface area contributed by atoms with Crippen LogP contribution in [0, 0.1) is 24.4 Å². The van der Waals surface area contributed by atoms with Gasteiger partial charge in [-0.05, 0) is 62.1 Å². The Morgan fingerprint density at radius 2 is 1.82 bits per heavy atom. The normalized spacial score (nSPS) is 17.5. The van der Waals surface area contributed by atoms with Gasteiger partial charge in [0.1, 0.15) is 29.1 Å². The van der Waals surface area contributed by atoms with E-state index in [1.165, 1.54) is 15.9 Å². The maximum Gasteiger partial charge on any atom is 0.281 e. The number of pyridine rings is 2. The van der Waals surface area contributed by atoms with Crippen LogP contribution in [0.2, 0.25) is 0 Å². The van der Waals surface area contributed by atoms with E-state index in [0.29, 0.717) is 11.3 Å². The minimum atomic E-state index is -1.31. The fourth-order valence-corrected chi connectivity index (χ4v) is 7.06. The first-order valence-electron chi connectivity index (χ1n) is 16.0. The number of aryl methyl sites for hydroxylation is 1. The third kappa shape index (κ3) is 5.23. The molecule has 2 unspecified atom stereocenters. The number of piperazine rings is 1. The van der Waals surface area contributed by atoms with Crippen molar-refractivity contribution in [1.82, 2.24) is 14.5 Å². The van der Waals surface area contributed by atoms with Gasteiger partial charge in [0, 0.05) is 37.3 Å². The number of anilines is 2. The minimum absolute atomic E-state index is 0.0254. The summed E-state index contributed by atoms with van der Waals surface area (Å²) in [5, 5.41) is 20.3. The van der Waals surface area contributed by atoms with E-state index in [1.54, 1.807) is 31.0 Å². The number of hydrogen-bond acceptors (Lipinski definition) is 7. The zero-order valence-electron chi connectivity index (χ0n) is 27.5. The number of fused-ring (bicyclic) bond motifs is 5. The minimum Gasteiger partial charge on any atom is -0.507 e. The molecule has 6 rings (SSSR count). The van der Waals surface area contributed by atoms with E-state index in [9.17, 15) is 19.8 Å². The van der Waals surface area contributed by atoms with Crippen molar-refractivity contribution < 1.29 is 33.0 Å². The average molecular weight is 676 g/mol. The van der Waals surface area contributed by atoms with Crippen LogP contribution in [0.5, 0.6) is 5.75 Å². The van der Waals surface area contributed by atoms with Crippen LogP contribution in [0.4, 0.5) is 24.5 Å². The lowest BCUT2D eigenvalue weighted by molar-refractivity contribution is -0.130. The van der Waals surface area contributed by atoms with E-state index in [4.69, 9.17) is 0 Å². The summed E-state index contributed by atoms with van der Waals surface area (Å²) in [7, 11) is 0. The van der Waals surface area contributed by atoms with Crippen LogP contribution in [0.3, 0.4) is 0 Å². The van der Waals surface area contributed by atoms with Crippen LogP contribution in [-0.2, 0) is 9.59 Å². The number of aliphatic hydroxyl groups is 1. The largest absolute Gasteiger partial charge is 0.507 e. The average Bonchev–Trinajstić information content (AvgIpc) is 3.05. The van der Waals surface area contributed by atoms with E-state index >= 15 is 18.0 Å². The van der Waals surface area contributed by atoms with Gasteiger partial charge in [-0.1, -0.05) is 26.5 Å². The number of hydrogen-bond donors (Lipinski definition) is 2. The highest BCUT2D eigenvalue weighted by atomic mass is 19.1. The van der Waals surface area contributed by atoms with Crippen molar-refractivity contribution in [3.8, 4) is 22.6 Å². The highest BCUT2D eigenvalue weighted by molar-refractivity contribution is 6.13. The highest BCUT2D eigenvalue weighted by Crippen LogP contribution is 2.46. The molecule has 10 nitrogen and oxygen atoms in total. The molecule has 2 aliphatic rings. The third-order valence-corrected chi connectivity index (χ3v) is 9.31. The monoisotopic (exact) mass is 675 g/mol. The van der Waals surface area contributed by atoms with Gasteiger partial charge in [0.15, 0.2) is 5.82 Å². The summed E-state index contributed by atoms with van der Waals surface area (Å²) in [6.07, 6.45) is 2.77. The van der Waals surface area contributed by atoms with Crippen LogP contribution >= 0.6 is 0 Å². The predicted octanol–water partition coefficient (Wildman–Crippen LogP) is 4.93. The molecule has 13 heteroatoms. The quantitative estimate of drug-likeness (QED) is 0.267. The van der Waals surface area contributed by atoms with E-state index in [-0.39, 0.29) is 61.0 Å². The number of benzene rings is 2. The van der Waals surface area contributed by atoms with Crippen LogP contribution in [0.25, 0.3) is 27.7 Å². The molecule has 2 amide bonds. The molecule has 1 saturated heterocycles. The molecule has 2 N–H and O–H groups in total. The Balaban J connectivity index is 1.82. The standard InChI is InChI=1S/C36H36F3N5O5/c1-6-26(47)42-17-24-35(48)41(13-8-14-45)34-33(43(24)16-20(42)5)21-15-23(38)28(27-22(37)9-7-10-25(27)46)29(39)32(21)44(36(34)49)31-19(4)11-12-40-30(31)18(2)3/h6-7,9-12,15,18,20,24,45-46H,1,8,13-14,16-17H2,2-5H3. The lowest BCUT2D eigenvalue weighted by Crippen LogP contribution is -2.66. The van der Waals surface area contributed by atoms with Crippen molar-refractivity contribution >= 4 is 34.1 Å². The smallest absolute Gasteiger partial charge is 0.281 e. The molecule has 49 heavy (non-hydrogen) atoms. The van der Waals surface area contributed by atoms with E-state index in [0.717, 1.165) is 28.8 Å². The molecule has 0 saturated carbocycles. The highest BCUT2D eigenvalue weighted by Gasteiger charge is 2.47. The molecule has 2 aliphatic heterocycles. The fourth-order valence-electron chi connectivity index (χ4n) is 7.06. The summed E-state index contributed by atoms with van der Waals surface area (Å²) in [6, 6.07) is 4.33. The number of aliphatic hydroxyl groups excluding tert-OH is 1. The van der Waals surface area contributed by atoms with Gasteiger partial charge < -0.3 is 24.9 Å². The number of aromatic hydroxyl groups is 1. The topological polar surface area (TPSA) is 119 Å². The Hall–Kier alpha value is -5.17. The molecule has 4 heterocycles. The van der Waals surface area contributed by atoms with Crippen molar-refractivity contribution in [3.63, 3.8) is 0 Å². The number of rotatable bonds is 7. The lowest BCUT2D eigenvalue weighted by atomic mass is 9.94. The van der Waals surface area contributed by atoms with Gasteiger partial charge in [-0.25, -0.2) is 13.2 Å². The summed E-state index contributed by atoms with van der Waals surface area (Å²) < 4.78 is 50.0. The number of carbonyl (C=O) groups is 2. The Kier molecular flexibility index (Phi) is 8.74. The molecule has 2 aromatic heterocycles. The lowest BCUT2D eigenvalue weighted by Gasteiger charge is -2.50. The Bertz CT molecular complexity index is 2080. The van der Waals surface area contributed by atoms with Gasteiger partial charge in [0.05, 0.1) is 40.3 Å². The van der Waals surface area contributed by atoms with E-state index in [2.05, 4.69) is 11.6 Å². The van der Waals surface area contributed by atoms with Crippen molar-refractivity contribution in [1.29, 1.82) is 0 Å². The summed E-state index contributed by atoms with van der Waals surface area (Å²) in [4.78, 5) is 50.9. The van der Waals surface area contributed by atoms with Crippen molar-refractivity contribution in [2.75, 3.05) is 36.0 Å². The zero-order valence-corrected chi connectivity index (χ0v) is 27.5. The number of halogens is 3. The van der Waals surface area contributed by atoms with Gasteiger partial charge >= 0.3 is 0 Å². The molecule has 4 aromatic rings. The number of phenols is 1. The summed E-state index contributed by atoms with van der Waals surface area (Å²) in [5.41, 5.74) is -1.78. The first-order valence-corrected chi connectivity index (χ1v) is 16.0. The predicted molar refractivity (Wildman–Crippen MR) is 180 cm³/mol. The fraction of sp³-hybridized carbons (Fsp3) is 0.333. The third-order valence-electron chi connectivity index (χ3n) is 9.31. The summed E-state index contributed by atoms with van der Waals surface area (Å²) in [6.45, 7) is 10.2. The molecule has 2 aromatic carbocycles. The van der Waals surface area contributed by atoms with Crippen molar-refractivity contribution in [2.45, 2.75) is 52.1 Å². The second-order valence-corrected chi connectivity index (χ2v) is 12.7. The second-order valence-electron chi connectivity index (χ2n) is 12.7. The van der Waals surface area contributed by atoms with Crippen LogP contribution < -0.4 is 15.4 Å². The number of phenolic OH excluding ortho intramolecular Hbond substituents is 1. The molecule has 1 fully saturated rings. The van der Waals surface area contributed by atoms with Crippen LogP contribution in [0.15, 0.2) is 54.0 Å². The van der Waals surface area contributed by atoms with Crippen molar-refractivity contribution in [2.24, 2.45) is 0 Å². The summed E-state index contributed by atoms with van der Waals surface area (Å²) in [5.74, 6) is -5.53. The van der Waals surface area contributed by atoms with Crippen LogP contribution in [-0.4, -0.2) is 74.8 Å². The Morgan fingerprint density at radius 1 is 1.08 bits per heavy atom. The Morgan fingerprint density at radius 3 is 2.47 bits per heavy atom. The molecule has 0 radical (unpaired) electrons. The maximum atomic E-state index is 17.3. The van der Waals surface area contributed by atoms with Gasteiger partial charge in [-0.3, -0.25) is 23.9 Å². The maximum absolute atomic E-state index is 17.3. The van der Waals surface area contributed by atoms with Gasteiger partial charge in [-0.15, -0.1) is 0 Å². The van der Waals surface area contributed by atoms with Gasteiger partial charge in [0.25, 0.3) is 11.5 Å². The number of aromatic nitrogens is 2. The van der Waals surface area contributed by atoms with E-state index in [1.807, 2.05) is 13.8 Å². The number of amides is 2. The molecular formula is C36H36F3N5O5. The number of carbonyl (C=O) groups excluding carboxylic acids is 2.